The highest BCUT2D eigenvalue weighted by atomic mass is 32.2. The summed E-state index contributed by atoms with van der Waals surface area (Å²) in [6.45, 7) is 3.87. The summed E-state index contributed by atoms with van der Waals surface area (Å²) in [5.41, 5.74) is 7.79. The van der Waals surface area contributed by atoms with E-state index in [0.717, 1.165) is 16.3 Å². The van der Waals surface area contributed by atoms with Crippen molar-refractivity contribution in [2.75, 3.05) is 5.32 Å². The summed E-state index contributed by atoms with van der Waals surface area (Å²) in [5.74, 6) is 0.845. The lowest BCUT2D eigenvalue weighted by atomic mass is 10.1. The minimum Gasteiger partial charge on any atom is -0.325 e. The molecule has 0 saturated carbocycles. The fourth-order valence-corrected chi connectivity index (χ4v) is 2.65. The molecule has 0 aliphatic carbocycles. The molecule has 2 rings (SSSR count). The van der Waals surface area contributed by atoms with Crippen LogP contribution in [0.3, 0.4) is 0 Å². The van der Waals surface area contributed by atoms with Crippen LogP contribution in [0.15, 0.2) is 53.7 Å². The van der Waals surface area contributed by atoms with E-state index < -0.39 is 6.04 Å². The SMILES string of the molecule is CC(C)[C@@H](N)C(=O)Nc1ccc(SCc2cccnc2)cc1. The van der Waals surface area contributed by atoms with E-state index in [-0.39, 0.29) is 11.8 Å². The Kier molecular flexibility index (Phi) is 5.98. The normalized spacial score (nSPS) is 12.2. The first-order valence-corrected chi connectivity index (χ1v) is 8.23. The summed E-state index contributed by atoms with van der Waals surface area (Å²) in [5, 5.41) is 2.84. The third kappa shape index (κ3) is 4.86. The molecule has 1 atom stereocenters. The van der Waals surface area contributed by atoms with E-state index in [0.29, 0.717) is 0 Å². The largest absolute Gasteiger partial charge is 0.325 e. The van der Waals surface area contributed by atoms with Gasteiger partial charge in [0.2, 0.25) is 5.91 Å². The van der Waals surface area contributed by atoms with Gasteiger partial charge < -0.3 is 11.1 Å². The van der Waals surface area contributed by atoms with Crippen molar-refractivity contribution in [1.82, 2.24) is 4.98 Å². The number of nitrogens with one attached hydrogen (secondary N) is 1. The molecule has 22 heavy (non-hydrogen) atoms. The lowest BCUT2D eigenvalue weighted by molar-refractivity contribution is -0.118. The van der Waals surface area contributed by atoms with Gasteiger partial charge in [-0.25, -0.2) is 0 Å². The number of carbonyl (C=O) groups is 1. The molecule has 0 radical (unpaired) electrons. The monoisotopic (exact) mass is 315 g/mol. The van der Waals surface area contributed by atoms with Crippen LogP contribution in [0.25, 0.3) is 0 Å². The van der Waals surface area contributed by atoms with E-state index >= 15 is 0 Å². The zero-order valence-electron chi connectivity index (χ0n) is 12.8. The second-order valence-electron chi connectivity index (χ2n) is 5.43. The molecule has 1 amide bonds. The van der Waals surface area contributed by atoms with Crippen molar-refractivity contribution in [1.29, 1.82) is 0 Å². The van der Waals surface area contributed by atoms with Gasteiger partial charge in [-0.2, -0.15) is 0 Å². The van der Waals surface area contributed by atoms with Crippen molar-refractivity contribution in [3.63, 3.8) is 0 Å². The Balaban J connectivity index is 1.89. The Morgan fingerprint density at radius 3 is 2.59 bits per heavy atom. The van der Waals surface area contributed by atoms with Gasteiger partial charge >= 0.3 is 0 Å². The molecular formula is C17H21N3OS. The second-order valence-corrected chi connectivity index (χ2v) is 6.48. The molecule has 2 aromatic rings. The van der Waals surface area contributed by atoms with Crippen LogP contribution in [0.5, 0.6) is 0 Å². The summed E-state index contributed by atoms with van der Waals surface area (Å²) >= 11 is 1.73. The third-order valence-corrected chi connectivity index (χ3v) is 4.35. The first kappa shape index (κ1) is 16.5. The predicted molar refractivity (Wildman–Crippen MR) is 91.7 cm³/mol. The average molecular weight is 315 g/mol. The van der Waals surface area contributed by atoms with Gasteiger partial charge in [-0.05, 0) is 41.8 Å². The lowest BCUT2D eigenvalue weighted by Crippen LogP contribution is -2.39. The van der Waals surface area contributed by atoms with Crippen LogP contribution >= 0.6 is 11.8 Å². The quantitative estimate of drug-likeness (QED) is 0.803. The van der Waals surface area contributed by atoms with E-state index in [1.165, 1.54) is 5.56 Å². The number of thioether (sulfide) groups is 1. The maximum Gasteiger partial charge on any atom is 0.241 e. The molecule has 1 aromatic heterocycles. The van der Waals surface area contributed by atoms with E-state index in [2.05, 4.69) is 16.4 Å². The average Bonchev–Trinajstić information content (AvgIpc) is 2.54. The van der Waals surface area contributed by atoms with Crippen LogP contribution in [-0.2, 0) is 10.5 Å². The third-order valence-electron chi connectivity index (χ3n) is 3.27. The second kappa shape index (κ2) is 7.96. The van der Waals surface area contributed by atoms with Gasteiger partial charge in [-0.15, -0.1) is 11.8 Å². The Hall–Kier alpha value is -1.85. The van der Waals surface area contributed by atoms with Gasteiger partial charge in [-0.3, -0.25) is 9.78 Å². The fourth-order valence-electron chi connectivity index (χ4n) is 1.81. The number of amides is 1. The Morgan fingerprint density at radius 2 is 2.00 bits per heavy atom. The summed E-state index contributed by atoms with van der Waals surface area (Å²) in [4.78, 5) is 17.2. The van der Waals surface area contributed by atoms with Gasteiger partial charge in [-0.1, -0.05) is 19.9 Å². The summed E-state index contributed by atoms with van der Waals surface area (Å²) < 4.78 is 0. The number of aromatic nitrogens is 1. The standard InChI is InChI=1S/C17H21N3OS/c1-12(2)16(18)17(21)20-14-5-7-15(8-6-14)22-11-13-4-3-9-19-10-13/h3-10,12,16H,11,18H2,1-2H3,(H,20,21)/t16-/m1/s1. The zero-order chi connectivity index (χ0) is 15.9. The number of benzene rings is 1. The number of carbonyl (C=O) groups excluding carboxylic acids is 1. The molecule has 0 unspecified atom stereocenters. The molecule has 116 valence electrons. The van der Waals surface area contributed by atoms with Crippen molar-refractivity contribution >= 4 is 23.4 Å². The zero-order valence-corrected chi connectivity index (χ0v) is 13.6. The van der Waals surface area contributed by atoms with Crippen molar-refractivity contribution in [3.8, 4) is 0 Å². The number of anilines is 1. The van der Waals surface area contributed by atoms with E-state index in [1.807, 2.05) is 50.4 Å². The van der Waals surface area contributed by atoms with Crippen molar-refractivity contribution in [3.05, 3.63) is 54.4 Å². The smallest absolute Gasteiger partial charge is 0.241 e. The number of nitrogens with two attached hydrogens (primary N) is 1. The summed E-state index contributed by atoms with van der Waals surface area (Å²) in [6.07, 6.45) is 3.64. The minimum absolute atomic E-state index is 0.120. The van der Waals surface area contributed by atoms with Crippen LogP contribution in [0, 0.1) is 5.92 Å². The van der Waals surface area contributed by atoms with Crippen LogP contribution < -0.4 is 11.1 Å². The molecule has 1 aromatic carbocycles. The molecule has 0 spiro atoms. The lowest BCUT2D eigenvalue weighted by Gasteiger charge is -2.15. The molecular weight excluding hydrogens is 294 g/mol. The molecule has 0 bridgehead atoms. The van der Waals surface area contributed by atoms with Crippen LogP contribution in [-0.4, -0.2) is 16.9 Å². The highest BCUT2D eigenvalue weighted by Crippen LogP contribution is 2.24. The predicted octanol–water partition coefficient (Wildman–Crippen LogP) is 3.30. The molecule has 1 heterocycles. The van der Waals surface area contributed by atoms with Crippen LogP contribution in [0.4, 0.5) is 5.69 Å². The molecule has 5 heteroatoms. The first-order valence-electron chi connectivity index (χ1n) is 7.24. The van der Waals surface area contributed by atoms with Crippen molar-refractivity contribution in [2.24, 2.45) is 11.7 Å². The first-order chi connectivity index (χ1) is 10.6. The number of rotatable bonds is 6. The van der Waals surface area contributed by atoms with E-state index in [1.54, 1.807) is 18.0 Å². The maximum atomic E-state index is 11.9. The number of nitrogens with zero attached hydrogens (tertiary/aromatic N) is 1. The minimum atomic E-state index is -0.486. The van der Waals surface area contributed by atoms with E-state index in [9.17, 15) is 4.79 Å². The van der Waals surface area contributed by atoms with Crippen LogP contribution in [0.1, 0.15) is 19.4 Å². The van der Waals surface area contributed by atoms with Crippen molar-refractivity contribution < 1.29 is 4.79 Å². The molecule has 0 aliphatic rings. The number of pyridine rings is 1. The van der Waals surface area contributed by atoms with Gasteiger partial charge in [0.25, 0.3) is 0 Å². The molecule has 0 saturated heterocycles. The van der Waals surface area contributed by atoms with Gasteiger partial charge in [0.15, 0.2) is 0 Å². The van der Waals surface area contributed by atoms with Gasteiger partial charge in [0, 0.05) is 28.7 Å². The van der Waals surface area contributed by atoms with E-state index in [4.69, 9.17) is 5.73 Å². The molecule has 4 nitrogen and oxygen atoms in total. The van der Waals surface area contributed by atoms with Crippen LogP contribution in [0.2, 0.25) is 0 Å². The highest BCUT2D eigenvalue weighted by molar-refractivity contribution is 7.98. The fraction of sp³-hybridized carbons (Fsp3) is 0.294. The molecule has 0 aliphatic heterocycles. The maximum absolute atomic E-state index is 11.9. The molecule has 3 N–H and O–H groups in total. The Bertz CT molecular complexity index is 599. The van der Waals surface area contributed by atoms with Gasteiger partial charge in [0.1, 0.15) is 0 Å². The topological polar surface area (TPSA) is 68.0 Å². The highest BCUT2D eigenvalue weighted by Gasteiger charge is 2.16. The number of hydrogen-bond acceptors (Lipinski definition) is 4. The summed E-state index contributed by atoms with van der Waals surface area (Å²) in [6, 6.07) is 11.3. The summed E-state index contributed by atoms with van der Waals surface area (Å²) in [7, 11) is 0. The number of hydrogen-bond donors (Lipinski definition) is 2. The van der Waals surface area contributed by atoms with Gasteiger partial charge in [0.05, 0.1) is 6.04 Å². The Morgan fingerprint density at radius 1 is 1.27 bits per heavy atom. The Labute approximate surface area is 135 Å². The van der Waals surface area contributed by atoms with Crippen molar-refractivity contribution in [2.45, 2.75) is 30.5 Å². The molecule has 0 fully saturated rings.